The second-order valence-corrected chi connectivity index (χ2v) is 7.95. The van der Waals surface area contributed by atoms with Crippen molar-refractivity contribution in [2.75, 3.05) is 7.05 Å². The first-order valence-electron chi connectivity index (χ1n) is 7.62. The van der Waals surface area contributed by atoms with Crippen LogP contribution in [-0.2, 0) is 0 Å². The van der Waals surface area contributed by atoms with Crippen molar-refractivity contribution in [3.05, 3.63) is 20.3 Å². The lowest BCUT2D eigenvalue weighted by molar-refractivity contribution is 0.495. The Hall–Kier alpha value is 0.140. The summed E-state index contributed by atoms with van der Waals surface area (Å²) in [5.41, 5.74) is 1.48. The fourth-order valence-electron chi connectivity index (χ4n) is 2.57. The fraction of sp³-hybridized carbons (Fsp3) is 0.750. The Labute approximate surface area is 131 Å². The van der Waals surface area contributed by atoms with Gasteiger partial charge in [-0.1, -0.05) is 51.9 Å². The molecule has 0 bridgehead atoms. The molecule has 0 aromatic carbocycles. The molecule has 1 N–H and O–H groups in total. The van der Waals surface area contributed by atoms with Crippen molar-refractivity contribution in [1.29, 1.82) is 0 Å². The van der Waals surface area contributed by atoms with Gasteiger partial charge in [-0.05, 0) is 48.0 Å². The first-order valence-corrected chi connectivity index (χ1v) is 9.23. The lowest BCUT2D eigenvalue weighted by Gasteiger charge is -2.16. The lowest BCUT2D eigenvalue weighted by atomic mass is 10.0. The minimum atomic E-state index is 0.526. The highest BCUT2D eigenvalue weighted by molar-refractivity contribution is 9.11. The van der Waals surface area contributed by atoms with Crippen molar-refractivity contribution in [1.82, 2.24) is 5.32 Å². The van der Waals surface area contributed by atoms with Crippen LogP contribution in [-0.4, -0.2) is 7.05 Å². The lowest BCUT2D eigenvalue weighted by Crippen LogP contribution is -2.16. The second-order valence-electron chi connectivity index (χ2n) is 5.31. The van der Waals surface area contributed by atoms with E-state index in [4.69, 9.17) is 0 Å². The van der Waals surface area contributed by atoms with Gasteiger partial charge < -0.3 is 5.32 Å². The first-order chi connectivity index (χ1) is 9.19. The summed E-state index contributed by atoms with van der Waals surface area (Å²) in [4.78, 5) is 1.44. The van der Waals surface area contributed by atoms with Gasteiger partial charge in [0.05, 0.1) is 3.79 Å². The molecule has 0 radical (unpaired) electrons. The van der Waals surface area contributed by atoms with Gasteiger partial charge in [-0.15, -0.1) is 11.3 Å². The maximum absolute atomic E-state index is 3.59. The van der Waals surface area contributed by atoms with Crippen molar-refractivity contribution in [3.8, 4) is 0 Å². The third-order valence-electron chi connectivity index (χ3n) is 3.75. The number of halogens is 1. The molecule has 110 valence electrons. The van der Waals surface area contributed by atoms with E-state index < -0.39 is 0 Å². The third kappa shape index (κ3) is 6.42. The maximum atomic E-state index is 3.59. The average molecular weight is 346 g/mol. The van der Waals surface area contributed by atoms with Crippen molar-refractivity contribution >= 4 is 27.3 Å². The highest BCUT2D eigenvalue weighted by atomic mass is 79.9. The summed E-state index contributed by atoms with van der Waals surface area (Å²) in [6.45, 7) is 4.50. The number of hydrogen-bond acceptors (Lipinski definition) is 2. The van der Waals surface area contributed by atoms with Gasteiger partial charge in [0.25, 0.3) is 0 Å². The second kappa shape index (κ2) is 9.95. The van der Waals surface area contributed by atoms with Gasteiger partial charge in [0.15, 0.2) is 0 Å². The number of unbranched alkanes of at least 4 members (excludes halogenated alkanes) is 6. The molecule has 0 spiro atoms. The molecule has 1 nitrogen and oxygen atoms in total. The Balaban J connectivity index is 2.24. The number of rotatable bonds is 10. The Kier molecular flexibility index (Phi) is 9.01. The van der Waals surface area contributed by atoms with E-state index in [-0.39, 0.29) is 0 Å². The quantitative estimate of drug-likeness (QED) is 0.496. The Bertz CT molecular complexity index is 349. The van der Waals surface area contributed by atoms with E-state index in [2.05, 4.69) is 48.2 Å². The van der Waals surface area contributed by atoms with Gasteiger partial charge in [0, 0.05) is 10.9 Å². The van der Waals surface area contributed by atoms with Crippen LogP contribution in [0.4, 0.5) is 0 Å². The maximum Gasteiger partial charge on any atom is 0.0704 e. The van der Waals surface area contributed by atoms with Gasteiger partial charge in [-0.25, -0.2) is 0 Å². The normalized spacial score (nSPS) is 12.8. The van der Waals surface area contributed by atoms with Crippen LogP contribution in [0.25, 0.3) is 0 Å². The zero-order chi connectivity index (χ0) is 14.1. The minimum Gasteiger partial charge on any atom is -0.313 e. The van der Waals surface area contributed by atoms with Gasteiger partial charge in [0.1, 0.15) is 0 Å². The van der Waals surface area contributed by atoms with Crippen LogP contribution in [0, 0.1) is 6.92 Å². The standard InChI is InChI=1S/C16H28BrNS/c1-4-5-6-7-8-9-10-11-15(18-3)14-12-16(17)19-13(14)2/h12,15,18H,4-11H2,1-3H3. The van der Waals surface area contributed by atoms with Gasteiger partial charge in [0.2, 0.25) is 0 Å². The predicted molar refractivity (Wildman–Crippen MR) is 91.2 cm³/mol. The Morgan fingerprint density at radius 1 is 1.16 bits per heavy atom. The molecule has 1 heterocycles. The van der Waals surface area contributed by atoms with E-state index in [9.17, 15) is 0 Å². The largest absolute Gasteiger partial charge is 0.313 e. The molecule has 1 atom stereocenters. The molecule has 0 saturated carbocycles. The van der Waals surface area contributed by atoms with Crippen LogP contribution in [0.1, 0.15) is 74.8 Å². The van der Waals surface area contributed by atoms with E-state index >= 15 is 0 Å². The molecule has 0 aliphatic rings. The smallest absolute Gasteiger partial charge is 0.0704 e. The zero-order valence-corrected chi connectivity index (χ0v) is 15.0. The van der Waals surface area contributed by atoms with Crippen LogP contribution in [0.15, 0.2) is 9.85 Å². The van der Waals surface area contributed by atoms with E-state index in [1.165, 1.54) is 65.6 Å². The zero-order valence-electron chi connectivity index (χ0n) is 12.6. The summed E-state index contributed by atoms with van der Waals surface area (Å²) in [5, 5.41) is 3.47. The minimum absolute atomic E-state index is 0.526. The number of hydrogen-bond donors (Lipinski definition) is 1. The molecule has 0 saturated heterocycles. The number of aryl methyl sites for hydroxylation is 1. The highest BCUT2D eigenvalue weighted by Crippen LogP contribution is 2.32. The molecule has 1 aromatic rings. The van der Waals surface area contributed by atoms with Gasteiger partial charge in [-0.3, -0.25) is 0 Å². The van der Waals surface area contributed by atoms with E-state index in [1.54, 1.807) is 0 Å². The molecule has 0 aliphatic carbocycles. The van der Waals surface area contributed by atoms with E-state index in [0.717, 1.165) is 0 Å². The molecule has 1 unspecified atom stereocenters. The SMILES string of the molecule is CCCCCCCCCC(NC)c1cc(Br)sc1C. The van der Waals surface area contributed by atoms with Crippen LogP contribution >= 0.6 is 27.3 Å². The van der Waals surface area contributed by atoms with Gasteiger partial charge in [-0.2, -0.15) is 0 Å². The van der Waals surface area contributed by atoms with Crippen LogP contribution < -0.4 is 5.32 Å². The number of nitrogens with one attached hydrogen (secondary N) is 1. The summed E-state index contributed by atoms with van der Waals surface area (Å²) in [6, 6.07) is 2.81. The molecule has 0 fully saturated rings. The highest BCUT2D eigenvalue weighted by Gasteiger charge is 2.13. The van der Waals surface area contributed by atoms with Crippen LogP contribution in [0.5, 0.6) is 0 Å². The summed E-state index contributed by atoms with van der Waals surface area (Å²) in [5.74, 6) is 0. The van der Waals surface area contributed by atoms with Crippen molar-refractivity contribution in [3.63, 3.8) is 0 Å². The van der Waals surface area contributed by atoms with Crippen molar-refractivity contribution < 1.29 is 0 Å². The van der Waals surface area contributed by atoms with Crippen molar-refractivity contribution in [2.45, 2.75) is 71.3 Å². The van der Waals surface area contributed by atoms with Crippen molar-refractivity contribution in [2.24, 2.45) is 0 Å². The molecule has 19 heavy (non-hydrogen) atoms. The van der Waals surface area contributed by atoms with Gasteiger partial charge >= 0.3 is 0 Å². The Morgan fingerprint density at radius 3 is 2.32 bits per heavy atom. The summed E-state index contributed by atoms with van der Waals surface area (Å²) < 4.78 is 1.25. The topological polar surface area (TPSA) is 12.0 Å². The molecule has 1 aromatic heterocycles. The van der Waals surface area contributed by atoms with Crippen LogP contribution in [0.3, 0.4) is 0 Å². The average Bonchev–Trinajstić information content (AvgIpc) is 2.72. The van der Waals surface area contributed by atoms with E-state index in [0.29, 0.717) is 6.04 Å². The predicted octanol–water partition coefficient (Wildman–Crippen LogP) is 6.22. The van der Waals surface area contributed by atoms with Crippen LogP contribution in [0.2, 0.25) is 0 Å². The summed E-state index contributed by atoms with van der Waals surface area (Å²) in [7, 11) is 2.08. The molecule has 0 amide bonds. The number of thiophene rings is 1. The summed E-state index contributed by atoms with van der Waals surface area (Å²) in [6.07, 6.45) is 11.0. The fourth-order valence-corrected chi connectivity index (χ4v) is 4.34. The van der Waals surface area contributed by atoms with E-state index in [1.807, 2.05) is 11.3 Å². The first kappa shape index (κ1) is 17.2. The summed E-state index contributed by atoms with van der Waals surface area (Å²) >= 11 is 5.43. The third-order valence-corrected chi connectivity index (χ3v) is 5.32. The molecule has 0 aliphatic heterocycles. The molecule has 1 rings (SSSR count). The molecule has 3 heteroatoms. The Morgan fingerprint density at radius 2 is 1.79 bits per heavy atom. The monoisotopic (exact) mass is 345 g/mol. The molecular formula is C16H28BrNS. The molecular weight excluding hydrogens is 318 g/mol.